The van der Waals surface area contributed by atoms with E-state index in [1.54, 1.807) is 11.3 Å². The van der Waals surface area contributed by atoms with E-state index in [-0.39, 0.29) is 5.54 Å². The third-order valence-corrected chi connectivity index (χ3v) is 5.05. The largest absolute Gasteiger partial charge is 0.316 e. The normalized spacial score (nSPS) is 25.4. The summed E-state index contributed by atoms with van der Waals surface area (Å²) in [5.74, 6) is 0. The van der Waals surface area contributed by atoms with Crippen molar-refractivity contribution in [2.45, 2.75) is 39.2 Å². The average Bonchev–Trinajstić information content (AvgIpc) is 2.99. The van der Waals surface area contributed by atoms with Crippen molar-refractivity contribution >= 4 is 11.3 Å². The van der Waals surface area contributed by atoms with E-state index in [1.165, 1.54) is 17.8 Å². The Morgan fingerprint density at radius 1 is 1.59 bits per heavy atom. The van der Waals surface area contributed by atoms with Crippen LogP contribution in [-0.4, -0.2) is 24.6 Å². The number of nitrogens with zero attached hydrogens (tertiary/aromatic N) is 1. The highest BCUT2D eigenvalue weighted by molar-refractivity contribution is 7.09. The molecule has 0 aliphatic carbocycles. The molecule has 1 aliphatic heterocycles. The molecule has 2 rings (SSSR count). The summed E-state index contributed by atoms with van der Waals surface area (Å²) in [5.41, 5.74) is 0.424. The van der Waals surface area contributed by atoms with Gasteiger partial charge in [-0.25, -0.2) is 4.98 Å². The van der Waals surface area contributed by atoms with Crippen LogP contribution >= 0.6 is 11.3 Å². The molecule has 1 aliphatic rings. The smallest absolute Gasteiger partial charge is 0.112 e. The van der Waals surface area contributed by atoms with E-state index in [4.69, 9.17) is 0 Å². The third-order valence-electron chi connectivity index (χ3n) is 3.95. The van der Waals surface area contributed by atoms with Gasteiger partial charge in [0.25, 0.3) is 0 Å². The summed E-state index contributed by atoms with van der Waals surface area (Å²) < 4.78 is 0. The molecular weight excluding hydrogens is 230 g/mol. The van der Waals surface area contributed by atoms with Crippen LogP contribution in [0, 0.1) is 5.41 Å². The summed E-state index contributed by atoms with van der Waals surface area (Å²) in [6.07, 6.45) is 4.40. The van der Waals surface area contributed by atoms with Crippen molar-refractivity contribution < 1.29 is 0 Å². The number of thiazole rings is 1. The second-order valence-electron chi connectivity index (χ2n) is 5.60. The summed E-state index contributed by atoms with van der Waals surface area (Å²) >= 11 is 1.73. The molecule has 2 N–H and O–H groups in total. The fourth-order valence-corrected chi connectivity index (χ4v) is 3.13. The van der Waals surface area contributed by atoms with Crippen LogP contribution in [-0.2, 0) is 5.54 Å². The van der Waals surface area contributed by atoms with Gasteiger partial charge >= 0.3 is 0 Å². The van der Waals surface area contributed by atoms with E-state index in [9.17, 15) is 0 Å². The molecule has 1 unspecified atom stereocenters. The van der Waals surface area contributed by atoms with Crippen LogP contribution in [0.2, 0.25) is 0 Å². The minimum atomic E-state index is -0.0150. The van der Waals surface area contributed by atoms with Crippen LogP contribution in [0.5, 0.6) is 0 Å². The van der Waals surface area contributed by atoms with Gasteiger partial charge in [-0.3, -0.25) is 0 Å². The molecule has 3 nitrogen and oxygen atoms in total. The van der Waals surface area contributed by atoms with Crippen LogP contribution in [0.3, 0.4) is 0 Å². The highest BCUT2D eigenvalue weighted by atomic mass is 32.1. The van der Waals surface area contributed by atoms with E-state index >= 15 is 0 Å². The SMILES string of the molecule is CCC1(CNC(C)(C)c2nccs2)CCNC1. The van der Waals surface area contributed by atoms with Gasteiger partial charge in [0.1, 0.15) is 5.01 Å². The van der Waals surface area contributed by atoms with Crippen LogP contribution in [0.25, 0.3) is 0 Å². The van der Waals surface area contributed by atoms with Gasteiger partial charge in [0.15, 0.2) is 0 Å². The monoisotopic (exact) mass is 253 g/mol. The second kappa shape index (κ2) is 5.04. The van der Waals surface area contributed by atoms with Crippen molar-refractivity contribution in [2.24, 2.45) is 5.41 Å². The maximum Gasteiger partial charge on any atom is 0.112 e. The van der Waals surface area contributed by atoms with Crippen molar-refractivity contribution in [3.8, 4) is 0 Å². The number of rotatable bonds is 5. The number of nitrogens with one attached hydrogen (secondary N) is 2. The van der Waals surface area contributed by atoms with Crippen molar-refractivity contribution in [1.29, 1.82) is 0 Å². The molecule has 0 aromatic carbocycles. The van der Waals surface area contributed by atoms with Gasteiger partial charge < -0.3 is 10.6 Å². The molecule has 1 fully saturated rings. The molecule has 1 saturated heterocycles. The fraction of sp³-hybridized carbons (Fsp3) is 0.769. The molecule has 0 bridgehead atoms. The van der Waals surface area contributed by atoms with E-state index in [0.717, 1.165) is 19.6 Å². The fourth-order valence-electron chi connectivity index (χ4n) is 2.39. The average molecular weight is 253 g/mol. The highest BCUT2D eigenvalue weighted by Crippen LogP contribution is 2.30. The van der Waals surface area contributed by atoms with Crippen molar-refractivity contribution in [1.82, 2.24) is 15.6 Å². The summed E-state index contributed by atoms with van der Waals surface area (Å²) in [5, 5.41) is 10.4. The first-order valence-corrected chi connectivity index (χ1v) is 7.32. The molecule has 17 heavy (non-hydrogen) atoms. The van der Waals surface area contributed by atoms with E-state index in [1.807, 2.05) is 11.6 Å². The molecular formula is C13H23N3S. The number of hydrogen-bond acceptors (Lipinski definition) is 4. The lowest BCUT2D eigenvalue weighted by molar-refractivity contribution is 0.249. The zero-order chi connectivity index (χ0) is 12.4. The lowest BCUT2D eigenvalue weighted by Gasteiger charge is -2.33. The van der Waals surface area contributed by atoms with Crippen LogP contribution < -0.4 is 10.6 Å². The molecule has 1 atom stereocenters. The maximum atomic E-state index is 4.42. The third kappa shape index (κ3) is 2.87. The van der Waals surface area contributed by atoms with Gasteiger partial charge in [0, 0.05) is 24.7 Å². The van der Waals surface area contributed by atoms with Crippen molar-refractivity contribution in [3.63, 3.8) is 0 Å². The van der Waals surface area contributed by atoms with E-state index in [2.05, 4.69) is 36.4 Å². The molecule has 0 spiro atoms. The lowest BCUT2D eigenvalue weighted by atomic mass is 9.83. The Balaban J connectivity index is 1.97. The second-order valence-corrected chi connectivity index (χ2v) is 6.49. The Bertz CT molecular complexity index is 340. The topological polar surface area (TPSA) is 37.0 Å². The summed E-state index contributed by atoms with van der Waals surface area (Å²) in [6, 6.07) is 0. The zero-order valence-corrected chi connectivity index (χ0v) is 11.9. The molecule has 0 amide bonds. The minimum Gasteiger partial charge on any atom is -0.316 e. The Labute approximate surface area is 108 Å². The first kappa shape index (κ1) is 13.0. The number of hydrogen-bond donors (Lipinski definition) is 2. The quantitative estimate of drug-likeness (QED) is 0.846. The summed E-state index contributed by atoms with van der Waals surface area (Å²) in [6.45, 7) is 10.1. The van der Waals surface area contributed by atoms with E-state index in [0.29, 0.717) is 5.41 Å². The molecule has 96 valence electrons. The molecule has 0 saturated carbocycles. The Morgan fingerprint density at radius 2 is 2.41 bits per heavy atom. The zero-order valence-electron chi connectivity index (χ0n) is 11.0. The van der Waals surface area contributed by atoms with Gasteiger partial charge in [0.2, 0.25) is 0 Å². The summed E-state index contributed by atoms with van der Waals surface area (Å²) in [7, 11) is 0. The van der Waals surface area contributed by atoms with Gasteiger partial charge in [-0.05, 0) is 38.6 Å². The Kier molecular flexibility index (Phi) is 3.85. The van der Waals surface area contributed by atoms with Gasteiger partial charge in [-0.2, -0.15) is 0 Å². The van der Waals surface area contributed by atoms with Gasteiger partial charge in [-0.1, -0.05) is 6.92 Å². The standard InChI is InChI=1S/C13H23N3S/c1-4-13(5-6-14-9-13)10-16-12(2,3)11-15-7-8-17-11/h7-8,14,16H,4-6,9-10H2,1-3H3. The molecule has 0 radical (unpaired) electrons. The van der Waals surface area contributed by atoms with Crippen molar-refractivity contribution in [2.75, 3.05) is 19.6 Å². The minimum absolute atomic E-state index is 0.0150. The Hall–Kier alpha value is -0.450. The molecule has 1 aromatic rings. The van der Waals surface area contributed by atoms with Crippen LogP contribution in [0.1, 0.15) is 38.6 Å². The van der Waals surface area contributed by atoms with E-state index < -0.39 is 0 Å². The predicted molar refractivity (Wildman–Crippen MR) is 73.4 cm³/mol. The summed E-state index contributed by atoms with van der Waals surface area (Å²) in [4.78, 5) is 4.42. The van der Waals surface area contributed by atoms with Crippen molar-refractivity contribution in [3.05, 3.63) is 16.6 Å². The first-order chi connectivity index (χ1) is 8.08. The highest BCUT2D eigenvalue weighted by Gasteiger charge is 2.34. The van der Waals surface area contributed by atoms with Crippen LogP contribution in [0.4, 0.5) is 0 Å². The van der Waals surface area contributed by atoms with Gasteiger partial charge in [-0.15, -0.1) is 11.3 Å². The number of aromatic nitrogens is 1. The molecule has 4 heteroatoms. The van der Waals surface area contributed by atoms with Crippen LogP contribution in [0.15, 0.2) is 11.6 Å². The Morgan fingerprint density at radius 3 is 2.94 bits per heavy atom. The predicted octanol–water partition coefficient (Wildman–Crippen LogP) is 2.36. The molecule has 2 heterocycles. The van der Waals surface area contributed by atoms with Gasteiger partial charge in [0.05, 0.1) is 5.54 Å². The maximum absolute atomic E-state index is 4.42. The molecule has 1 aromatic heterocycles. The lowest BCUT2D eigenvalue weighted by Crippen LogP contribution is -2.44. The first-order valence-electron chi connectivity index (χ1n) is 6.44.